The average molecular weight is 1270 g/mol. The van der Waals surface area contributed by atoms with Gasteiger partial charge in [-0.1, -0.05) is 109 Å². The van der Waals surface area contributed by atoms with Gasteiger partial charge in [-0.25, -0.2) is 0 Å². The molecule has 1 unspecified atom stereocenters. The smallest absolute Gasteiger partial charge is 0.303 e. The van der Waals surface area contributed by atoms with Crippen molar-refractivity contribution < 1.29 is 67.4 Å². The molecule has 25 heteroatoms. The molecule has 1 heterocycles. The number of carbonyl (C=O) groups is 12. The van der Waals surface area contributed by atoms with E-state index in [0.29, 0.717) is 6.42 Å². The molecule has 12 atom stereocenters. The molecular formula is C65H115N11O14. The maximum absolute atomic E-state index is 15.4. The highest BCUT2D eigenvalue weighted by molar-refractivity contribution is 5.99. The Morgan fingerprint density at radius 3 is 1.39 bits per heavy atom. The standard InChI is InChI=1S/C65H115N11O14/c1-25-46-61(85)70(18)35-51(79)71(19)47(31-36(2)3)58(82)69-52(40(10)11)64(88)72(20)48(32-37(4)5)57(81)66-43(15)56(80)67-44(16)60(84)73(21)49(33-38(6)7)62(86)74(22)50(34-39(8)9)63(87)75(23)53(41(12)13)65(89)76(24)54(59(83)68-46)55(90-45(17)78)42(14)29-27-26-28-30-77/h26-27,36-44,46-50,52-55,77H,25,28-35H2,1-24H3,(H,66,81)(H,67,80)(H,68,83)(H,69,82)/b27-26+/t42-,43+,44-,46+,47+,48+,49+,50+,52+,53+,54?,55-/m1/s1. The fourth-order valence-electron chi connectivity index (χ4n) is 11.2. The van der Waals surface area contributed by atoms with Gasteiger partial charge in [0.05, 0.1) is 6.54 Å². The Kier molecular flexibility index (Phi) is 34.0. The molecule has 90 heavy (non-hydrogen) atoms. The lowest BCUT2D eigenvalue weighted by molar-refractivity contribution is -0.164. The summed E-state index contributed by atoms with van der Waals surface area (Å²) in [5.74, 6) is -11.0. The first-order valence-corrected chi connectivity index (χ1v) is 32.1. The minimum atomic E-state index is -1.66. The van der Waals surface area contributed by atoms with Crippen molar-refractivity contribution in [2.45, 2.75) is 229 Å². The van der Waals surface area contributed by atoms with Gasteiger partial charge < -0.3 is 65.4 Å². The lowest BCUT2D eigenvalue weighted by Gasteiger charge is -2.42. The maximum Gasteiger partial charge on any atom is 0.303 e. The summed E-state index contributed by atoms with van der Waals surface area (Å²) in [6, 6.07) is -12.7. The van der Waals surface area contributed by atoms with Gasteiger partial charge in [0, 0.05) is 62.9 Å². The van der Waals surface area contributed by atoms with E-state index < -0.39 is 162 Å². The van der Waals surface area contributed by atoms with Crippen LogP contribution in [0.2, 0.25) is 0 Å². The molecule has 0 aromatic rings. The van der Waals surface area contributed by atoms with Gasteiger partial charge in [-0.3, -0.25) is 57.5 Å². The minimum Gasteiger partial charge on any atom is -0.459 e. The van der Waals surface area contributed by atoms with Crippen LogP contribution in [-0.4, -0.2) is 239 Å². The molecule has 514 valence electrons. The summed E-state index contributed by atoms with van der Waals surface area (Å²) in [5, 5.41) is 20.5. The van der Waals surface area contributed by atoms with Gasteiger partial charge in [0.2, 0.25) is 65.0 Å². The van der Waals surface area contributed by atoms with Crippen LogP contribution >= 0.6 is 0 Å². The van der Waals surface area contributed by atoms with Gasteiger partial charge in [-0.05, 0) is 100 Å². The van der Waals surface area contributed by atoms with Gasteiger partial charge in [-0.2, -0.15) is 0 Å². The second kappa shape index (κ2) is 37.6. The maximum atomic E-state index is 15.4. The van der Waals surface area contributed by atoms with Crippen molar-refractivity contribution in [2.24, 2.45) is 41.4 Å². The summed E-state index contributed by atoms with van der Waals surface area (Å²) < 4.78 is 5.94. The van der Waals surface area contributed by atoms with Crippen LogP contribution in [0.4, 0.5) is 0 Å². The molecule has 0 radical (unpaired) electrons. The Labute approximate surface area is 537 Å². The number of nitrogens with zero attached hydrogens (tertiary/aromatic N) is 7. The summed E-state index contributed by atoms with van der Waals surface area (Å²) in [4.78, 5) is 183. The van der Waals surface area contributed by atoms with E-state index in [1.54, 1.807) is 53.7 Å². The molecule has 0 aromatic heterocycles. The summed E-state index contributed by atoms with van der Waals surface area (Å²) >= 11 is 0. The van der Waals surface area contributed by atoms with Crippen LogP contribution in [0.25, 0.3) is 0 Å². The summed E-state index contributed by atoms with van der Waals surface area (Å²) in [6.45, 7) is 28.3. The molecule has 0 aliphatic carbocycles. The highest BCUT2D eigenvalue weighted by atomic mass is 16.5. The Morgan fingerprint density at radius 2 is 0.933 bits per heavy atom. The molecule has 1 rings (SSSR count). The van der Waals surface area contributed by atoms with Crippen molar-refractivity contribution in [1.29, 1.82) is 0 Å². The highest BCUT2D eigenvalue weighted by Gasteiger charge is 2.47. The van der Waals surface area contributed by atoms with E-state index in [0.717, 1.165) is 16.7 Å². The lowest BCUT2D eigenvalue weighted by Crippen LogP contribution is -2.64. The Morgan fingerprint density at radius 1 is 0.500 bits per heavy atom. The summed E-state index contributed by atoms with van der Waals surface area (Å²) in [5.41, 5.74) is 0. The third kappa shape index (κ3) is 23.5. The van der Waals surface area contributed by atoms with Crippen molar-refractivity contribution in [3.63, 3.8) is 0 Å². The summed E-state index contributed by atoms with van der Waals surface area (Å²) in [6.07, 6.45) is 3.09. The van der Waals surface area contributed by atoms with Crippen molar-refractivity contribution in [1.82, 2.24) is 55.6 Å². The van der Waals surface area contributed by atoms with E-state index in [4.69, 9.17) is 4.74 Å². The van der Waals surface area contributed by atoms with Crippen LogP contribution in [0, 0.1) is 41.4 Å². The predicted molar refractivity (Wildman–Crippen MR) is 344 cm³/mol. The number of ether oxygens (including phenoxy) is 1. The number of rotatable bonds is 18. The fourth-order valence-corrected chi connectivity index (χ4v) is 11.2. The Hall–Kier alpha value is -6.66. The molecule has 1 aliphatic rings. The van der Waals surface area contributed by atoms with E-state index in [2.05, 4.69) is 21.3 Å². The van der Waals surface area contributed by atoms with Crippen LogP contribution < -0.4 is 21.3 Å². The second-order valence-corrected chi connectivity index (χ2v) is 27.1. The predicted octanol–water partition coefficient (Wildman–Crippen LogP) is 3.20. The molecule has 0 aromatic carbocycles. The average Bonchev–Trinajstić information content (AvgIpc) is 0.831. The third-order valence-electron chi connectivity index (χ3n) is 16.6. The second-order valence-electron chi connectivity index (χ2n) is 27.1. The zero-order valence-corrected chi connectivity index (χ0v) is 58.8. The first kappa shape index (κ1) is 81.4. The Bertz CT molecular complexity index is 2490. The molecular weight excluding hydrogens is 1160 g/mol. The van der Waals surface area contributed by atoms with Crippen molar-refractivity contribution in [2.75, 3.05) is 62.5 Å². The molecule has 0 spiro atoms. The highest BCUT2D eigenvalue weighted by Crippen LogP contribution is 2.27. The van der Waals surface area contributed by atoms with Gasteiger partial charge >= 0.3 is 5.97 Å². The number of amides is 11. The van der Waals surface area contributed by atoms with E-state index in [1.807, 2.05) is 55.4 Å². The molecule has 11 amide bonds. The number of nitrogens with one attached hydrogen (secondary N) is 4. The normalized spacial score (nSPS) is 26.0. The number of hydrogen-bond acceptors (Lipinski definition) is 14. The number of hydrogen-bond donors (Lipinski definition) is 5. The fraction of sp³-hybridized carbons (Fsp3) is 0.785. The van der Waals surface area contributed by atoms with E-state index in [9.17, 15) is 43.5 Å². The number of likely N-dealkylation sites (N-methyl/N-ethyl adjacent to an activating group) is 7. The van der Waals surface area contributed by atoms with E-state index in [-0.39, 0.29) is 68.8 Å². The molecule has 0 saturated carbocycles. The van der Waals surface area contributed by atoms with Gasteiger partial charge in [0.15, 0.2) is 0 Å². The quantitative estimate of drug-likeness (QED) is 0.0973. The van der Waals surface area contributed by atoms with Crippen molar-refractivity contribution in [3.8, 4) is 0 Å². The first-order chi connectivity index (χ1) is 41.6. The van der Waals surface area contributed by atoms with Crippen molar-refractivity contribution in [3.05, 3.63) is 12.2 Å². The molecule has 25 nitrogen and oxygen atoms in total. The summed E-state index contributed by atoms with van der Waals surface area (Å²) in [7, 11) is 9.81. The molecule has 0 bridgehead atoms. The van der Waals surface area contributed by atoms with Crippen LogP contribution in [0.3, 0.4) is 0 Å². The topological polar surface area (TPSA) is 305 Å². The number of allylic oxidation sites excluding steroid dienone is 1. The van der Waals surface area contributed by atoms with Gasteiger partial charge in [0.25, 0.3) is 0 Å². The zero-order chi connectivity index (χ0) is 69.7. The monoisotopic (exact) mass is 1270 g/mol. The largest absolute Gasteiger partial charge is 0.459 e. The van der Waals surface area contributed by atoms with Crippen LogP contribution in [-0.2, 0) is 62.3 Å². The van der Waals surface area contributed by atoms with Gasteiger partial charge in [-0.15, -0.1) is 0 Å². The molecule has 5 N–H and O–H groups in total. The number of carbonyl (C=O) groups excluding carboxylic acids is 12. The van der Waals surface area contributed by atoms with E-state index in [1.165, 1.54) is 87.7 Å². The number of aliphatic hydroxyl groups is 1. The van der Waals surface area contributed by atoms with Crippen molar-refractivity contribution >= 4 is 70.9 Å². The molecule has 1 aliphatic heterocycles. The van der Waals surface area contributed by atoms with Crippen LogP contribution in [0.5, 0.6) is 0 Å². The van der Waals surface area contributed by atoms with Gasteiger partial charge in [0.1, 0.15) is 66.5 Å². The lowest BCUT2D eigenvalue weighted by atomic mass is 9.91. The minimum absolute atomic E-state index is 0.0253. The molecule has 1 saturated heterocycles. The van der Waals surface area contributed by atoms with Crippen LogP contribution in [0.15, 0.2) is 12.2 Å². The first-order valence-electron chi connectivity index (χ1n) is 32.1. The molecule has 1 fully saturated rings. The number of aliphatic hydroxyl groups excluding tert-OH is 1. The SMILES string of the molecule is CC[C@@H]1NC(=O)C([C@H](OC(C)=O)[C@H](C)C/C=C/CCO)N(C)C(=O)[C@H](C(C)C)N(C)C(=O)[C@H](CC(C)C)N(C)C(=O)[C@H](CC(C)C)N(C)C(=O)[C@@H](C)NC(=O)[C@H](C)NC(=O)[C@H](CC(C)C)N(C)C(=O)[C@H](C(C)C)NC(=O)[C@H](CC(C)C)N(C)C(=O)CN(C)C1=O. The van der Waals surface area contributed by atoms with E-state index >= 15 is 19.2 Å². The zero-order valence-electron chi connectivity index (χ0n) is 58.8. The third-order valence-corrected chi connectivity index (χ3v) is 16.6. The van der Waals surface area contributed by atoms with Crippen LogP contribution in [0.1, 0.15) is 163 Å². The Balaban J connectivity index is 4.46. The number of esters is 1.